The number of pyridine rings is 1. The standard InChI is InChI=1S/C17H17N3OS/c21-17(19-13-14-5-3-7-18-12-14)11-15(16-6-4-10-22-16)20-8-1-2-9-20/h1-10,12,15H,11,13H2,(H,19,21)/t15-/m1/s1. The van der Waals surface area contributed by atoms with Crippen LogP contribution in [0.3, 0.4) is 0 Å². The number of carbonyl (C=O) groups is 1. The van der Waals surface area contributed by atoms with Gasteiger partial charge in [0, 0.05) is 36.2 Å². The molecule has 1 amide bonds. The lowest BCUT2D eigenvalue weighted by molar-refractivity contribution is -0.121. The van der Waals surface area contributed by atoms with E-state index in [2.05, 4.69) is 20.9 Å². The second-order valence-electron chi connectivity index (χ2n) is 5.00. The van der Waals surface area contributed by atoms with Crippen molar-refractivity contribution >= 4 is 17.2 Å². The first-order chi connectivity index (χ1) is 10.8. The molecule has 5 heteroatoms. The first-order valence-electron chi connectivity index (χ1n) is 7.14. The van der Waals surface area contributed by atoms with Crippen LogP contribution in [0, 0.1) is 0 Å². The van der Waals surface area contributed by atoms with Crippen molar-refractivity contribution in [3.63, 3.8) is 0 Å². The zero-order valence-electron chi connectivity index (χ0n) is 12.1. The van der Waals surface area contributed by atoms with Gasteiger partial charge in [-0.2, -0.15) is 0 Å². The van der Waals surface area contributed by atoms with Crippen molar-refractivity contribution in [2.75, 3.05) is 0 Å². The van der Waals surface area contributed by atoms with E-state index < -0.39 is 0 Å². The highest BCUT2D eigenvalue weighted by atomic mass is 32.1. The van der Waals surface area contributed by atoms with Gasteiger partial charge < -0.3 is 9.88 Å². The molecule has 0 unspecified atom stereocenters. The fourth-order valence-corrected chi connectivity index (χ4v) is 3.17. The zero-order chi connectivity index (χ0) is 15.2. The summed E-state index contributed by atoms with van der Waals surface area (Å²) in [5.74, 6) is 0.0379. The topological polar surface area (TPSA) is 46.9 Å². The summed E-state index contributed by atoms with van der Waals surface area (Å²) in [5, 5.41) is 5.01. The third kappa shape index (κ3) is 3.62. The van der Waals surface area contributed by atoms with Gasteiger partial charge in [-0.15, -0.1) is 11.3 Å². The molecule has 3 aromatic heterocycles. The minimum absolute atomic E-state index is 0.0379. The summed E-state index contributed by atoms with van der Waals surface area (Å²) in [6, 6.07) is 11.9. The van der Waals surface area contributed by atoms with Crippen molar-refractivity contribution < 1.29 is 4.79 Å². The average molecular weight is 311 g/mol. The molecule has 3 heterocycles. The number of rotatable bonds is 6. The molecule has 0 aliphatic rings. The fourth-order valence-electron chi connectivity index (χ4n) is 2.34. The smallest absolute Gasteiger partial charge is 0.222 e. The Kier molecular flexibility index (Phi) is 4.65. The molecule has 112 valence electrons. The van der Waals surface area contributed by atoms with Crippen LogP contribution in [0.1, 0.15) is 22.9 Å². The summed E-state index contributed by atoms with van der Waals surface area (Å²) in [4.78, 5) is 17.5. The predicted molar refractivity (Wildman–Crippen MR) is 87.6 cm³/mol. The highest BCUT2D eigenvalue weighted by molar-refractivity contribution is 7.10. The number of nitrogens with one attached hydrogen (secondary N) is 1. The third-order valence-corrected chi connectivity index (χ3v) is 4.42. The van der Waals surface area contributed by atoms with Crippen molar-refractivity contribution in [3.8, 4) is 0 Å². The summed E-state index contributed by atoms with van der Waals surface area (Å²) in [6.45, 7) is 0.509. The number of amides is 1. The molecule has 0 saturated heterocycles. The lowest BCUT2D eigenvalue weighted by Gasteiger charge is -2.17. The van der Waals surface area contributed by atoms with Crippen molar-refractivity contribution in [2.24, 2.45) is 0 Å². The van der Waals surface area contributed by atoms with Crippen LogP contribution in [0.15, 0.2) is 66.6 Å². The summed E-state index contributed by atoms with van der Waals surface area (Å²) < 4.78 is 2.08. The van der Waals surface area contributed by atoms with E-state index in [4.69, 9.17) is 0 Å². The van der Waals surface area contributed by atoms with E-state index in [0.717, 1.165) is 5.56 Å². The molecule has 0 aliphatic heterocycles. The number of nitrogens with zero attached hydrogens (tertiary/aromatic N) is 2. The van der Waals surface area contributed by atoms with E-state index >= 15 is 0 Å². The molecule has 3 rings (SSSR count). The van der Waals surface area contributed by atoms with Gasteiger partial charge in [0.15, 0.2) is 0 Å². The second kappa shape index (κ2) is 7.04. The molecule has 0 radical (unpaired) electrons. The largest absolute Gasteiger partial charge is 0.352 e. The Labute approximate surface area is 133 Å². The normalized spacial score (nSPS) is 12.0. The van der Waals surface area contributed by atoms with E-state index in [1.54, 1.807) is 23.7 Å². The van der Waals surface area contributed by atoms with Crippen LogP contribution in [0.5, 0.6) is 0 Å². The Bertz CT molecular complexity index is 659. The van der Waals surface area contributed by atoms with Gasteiger partial charge in [-0.3, -0.25) is 9.78 Å². The summed E-state index contributed by atoms with van der Waals surface area (Å²) in [6.07, 6.45) is 7.92. The SMILES string of the molecule is O=C(C[C@H](c1cccs1)n1cccc1)NCc1cccnc1. The monoisotopic (exact) mass is 311 g/mol. The van der Waals surface area contributed by atoms with Crippen LogP contribution in [0.4, 0.5) is 0 Å². The van der Waals surface area contributed by atoms with Gasteiger partial charge in [-0.25, -0.2) is 0 Å². The minimum atomic E-state index is 0.0379. The number of aromatic nitrogens is 2. The number of carbonyl (C=O) groups excluding carboxylic acids is 1. The molecule has 0 fully saturated rings. The van der Waals surface area contributed by atoms with Gasteiger partial charge in [0.05, 0.1) is 12.5 Å². The summed E-state index contributed by atoms with van der Waals surface area (Å²) in [5.41, 5.74) is 1.00. The van der Waals surface area contributed by atoms with E-state index in [0.29, 0.717) is 13.0 Å². The minimum Gasteiger partial charge on any atom is -0.352 e. The summed E-state index contributed by atoms with van der Waals surface area (Å²) >= 11 is 1.67. The van der Waals surface area contributed by atoms with Gasteiger partial charge >= 0.3 is 0 Å². The summed E-state index contributed by atoms with van der Waals surface area (Å²) in [7, 11) is 0. The lowest BCUT2D eigenvalue weighted by Crippen LogP contribution is -2.26. The van der Waals surface area contributed by atoms with Crippen molar-refractivity contribution in [1.82, 2.24) is 14.9 Å². The molecule has 0 aliphatic carbocycles. The molecule has 4 nitrogen and oxygen atoms in total. The Balaban J connectivity index is 1.65. The number of thiophene rings is 1. The molecule has 0 aromatic carbocycles. The van der Waals surface area contributed by atoms with Gasteiger partial charge in [-0.05, 0) is 35.2 Å². The molecule has 3 aromatic rings. The van der Waals surface area contributed by atoms with E-state index in [1.807, 2.05) is 48.1 Å². The fraction of sp³-hybridized carbons (Fsp3) is 0.176. The maximum absolute atomic E-state index is 12.3. The molecule has 0 saturated carbocycles. The Morgan fingerprint density at radius 2 is 2.09 bits per heavy atom. The van der Waals surface area contributed by atoms with E-state index in [-0.39, 0.29) is 11.9 Å². The van der Waals surface area contributed by atoms with Crippen LogP contribution in [0.2, 0.25) is 0 Å². The lowest BCUT2D eigenvalue weighted by atomic mass is 10.1. The molecule has 1 atom stereocenters. The van der Waals surface area contributed by atoms with Gasteiger partial charge in [-0.1, -0.05) is 12.1 Å². The zero-order valence-corrected chi connectivity index (χ0v) is 12.9. The second-order valence-corrected chi connectivity index (χ2v) is 5.98. The van der Waals surface area contributed by atoms with Crippen LogP contribution >= 0.6 is 11.3 Å². The van der Waals surface area contributed by atoms with Gasteiger partial charge in [0.25, 0.3) is 0 Å². The highest BCUT2D eigenvalue weighted by Crippen LogP contribution is 2.26. The molecule has 1 N–H and O–H groups in total. The van der Waals surface area contributed by atoms with E-state index in [9.17, 15) is 4.79 Å². The molecule has 0 bridgehead atoms. The average Bonchev–Trinajstić information content (AvgIpc) is 3.25. The first-order valence-corrected chi connectivity index (χ1v) is 8.02. The van der Waals surface area contributed by atoms with Crippen LogP contribution in [-0.4, -0.2) is 15.5 Å². The number of hydrogen-bond donors (Lipinski definition) is 1. The Hall–Kier alpha value is -2.40. The molecule has 0 spiro atoms. The van der Waals surface area contributed by atoms with Crippen molar-refractivity contribution in [1.29, 1.82) is 0 Å². The molecule has 22 heavy (non-hydrogen) atoms. The van der Waals surface area contributed by atoms with Crippen LogP contribution in [-0.2, 0) is 11.3 Å². The first kappa shape index (κ1) is 14.5. The predicted octanol–water partition coefficient (Wildman–Crippen LogP) is 3.24. The maximum atomic E-state index is 12.3. The van der Waals surface area contributed by atoms with Gasteiger partial charge in [0.2, 0.25) is 5.91 Å². The Morgan fingerprint density at radius 1 is 1.23 bits per heavy atom. The van der Waals surface area contributed by atoms with Crippen LogP contribution < -0.4 is 5.32 Å². The van der Waals surface area contributed by atoms with Crippen LogP contribution in [0.25, 0.3) is 0 Å². The van der Waals surface area contributed by atoms with Crippen molar-refractivity contribution in [2.45, 2.75) is 19.0 Å². The molecular weight excluding hydrogens is 294 g/mol. The highest BCUT2D eigenvalue weighted by Gasteiger charge is 2.18. The maximum Gasteiger partial charge on any atom is 0.222 e. The number of hydrogen-bond acceptors (Lipinski definition) is 3. The van der Waals surface area contributed by atoms with Crippen molar-refractivity contribution in [3.05, 3.63) is 77.0 Å². The molecular formula is C17H17N3OS. The van der Waals surface area contributed by atoms with Gasteiger partial charge in [0.1, 0.15) is 0 Å². The Morgan fingerprint density at radius 3 is 2.77 bits per heavy atom. The quantitative estimate of drug-likeness (QED) is 0.759. The van der Waals surface area contributed by atoms with E-state index in [1.165, 1.54) is 4.88 Å². The third-order valence-electron chi connectivity index (χ3n) is 3.45.